The Balaban J connectivity index is 1.67. The second kappa shape index (κ2) is 7.27. The maximum Gasteiger partial charge on any atom is 0.256 e. The number of hydrogen-bond donors (Lipinski definition) is 0. The Labute approximate surface area is 164 Å². The van der Waals surface area contributed by atoms with E-state index in [9.17, 15) is 13.2 Å². The van der Waals surface area contributed by atoms with Crippen LogP contribution >= 0.6 is 0 Å². The van der Waals surface area contributed by atoms with Crippen molar-refractivity contribution in [2.75, 3.05) is 25.4 Å². The zero-order valence-electron chi connectivity index (χ0n) is 15.5. The number of carbonyl (C=O) groups excluding carboxylic acids is 1. The van der Waals surface area contributed by atoms with Crippen molar-refractivity contribution in [3.63, 3.8) is 0 Å². The van der Waals surface area contributed by atoms with Gasteiger partial charge in [-0.3, -0.25) is 4.79 Å². The van der Waals surface area contributed by atoms with Crippen molar-refractivity contribution in [2.45, 2.75) is 13.0 Å². The molecule has 0 radical (unpaired) electrons. The first-order valence-electron chi connectivity index (χ1n) is 9.10. The molecule has 1 fully saturated rings. The molecule has 1 amide bonds. The monoisotopic (exact) mass is 399 g/mol. The minimum absolute atomic E-state index is 0.00709. The maximum absolute atomic E-state index is 12.2. The Morgan fingerprint density at radius 2 is 1.68 bits per heavy atom. The number of amides is 1. The first-order valence-corrected chi connectivity index (χ1v) is 10.7. The number of sulfonamides is 1. The number of amidine groups is 1. The van der Waals surface area contributed by atoms with Gasteiger partial charge in [0.15, 0.2) is 0 Å². The van der Waals surface area contributed by atoms with Gasteiger partial charge in [-0.2, -0.15) is 0 Å². The Morgan fingerprint density at radius 1 is 1.00 bits per heavy atom. The zero-order chi connectivity index (χ0) is 19.7. The number of para-hydroxylation sites is 1. The second-order valence-corrected chi connectivity index (χ2v) is 8.58. The number of benzene rings is 2. The summed E-state index contributed by atoms with van der Waals surface area (Å²) in [7, 11) is -3.51. The van der Waals surface area contributed by atoms with Crippen molar-refractivity contribution < 1.29 is 17.9 Å². The fourth-order valence-corrected chi connectivity index (χ4v) is 4.59. The van der Waals surface area contributed by atoms with E-state index in [4.69, 9.17) is 4.74 Å². The zero-order valence-corrected chi connectivity index (χ0v) is 16.3. The molecule has 0 N–H and O–H groups in total. The summed E-state index contributed by atoms with van der Waals surface area (Å²) < 4.78 is 34.0. The molecule has 146 valence electrons. The van der Waals surface area contributed by atoms with Crippen LogP contribution in [0.3, 0.4) is 0 Å². The Bertz CT molecular complexity index is 1000. The molecule has 2 aromatic carbocycles. The Hall–Kier alpha value is -2.87. The molecule has 0 unspecified atom stereocenters. The van der Waals surface area contributed by atoms with Crippen molar-refractivity contribution in [1.82, 2.24) is 9.80 Å². The van der Waals surface area contributed by atoms with Crippen LogP contribution < -0.4 is 4.74 Å². The first-order chi connectivity index (χ1) is 13.4. The van der Waals surface area contributed by atoms with Crippen LogP contribution in [0.4, 0.5) is 0 Å². The lowest BCUT2D eigenvalue weighted by Gasteiger charge is -2.44. The molecule has 2 aromatic rings. The summed E-state index contributed by atoms with van der Waals surface area (Å²) in [5.74, 6) is 1.71. The molecular weight excluding hydrogens is 378 g/mol. The van der Waals surface area contributed by atoms with Gasteiger partial charge in [0.2, 0.25) is 5.91 Å². The van der Waals surface area contributed by atoms with Gasteiger partial charge in [-0.25, -0.2) is 8.42 Å². The van der Waals surface area contributed by atoms with Gasteiger partial charge in [-0.1, -0.05) is 30.3 Å². The summed E-state index contributed by atoms with van der Waals surface area (Å²) in [5, 5.41) is 0. The fraction of sp³-hybridized carbons (Fsp3) is 0.300. The smallest absolute Gasteiger partial charge is 0.256 e. The number of carbonyl (C=O) groups is 1. The molecule has 0 aliphatic carbocycles. The number of nitrogens with zero attached hydrogens (tertiary/aromatic N) is 3. The van der Waals surface area contributed by atoms with E-state index in [-0.39, 0.29) is 11.7 Å². The molecule has 28 heavy (non-hydrogen) atoms. The first kappa shape index (κ1) is 18.5. The molecule has 0 saturated carbocycles. The lowest BCUT2D eigenvalue weighted by Crippen LogP contribution is -2.56. The van der Waals surface area contributed by atoms with E-state index in [1.54, 1.807) is 4.90 Å². The summed E-state index contributed by atoms with van der Waals surface area (Å²) in [5.41, 5.74) is 0.802. The van der Waals surface area contributed by atoms with Crippen molar-refractivity contribution in [3.05, 3.63) is 60.2 Å². The Kier molecular flexibility index (Phi) is 4.80. The molecule has 4 rings (SSSR count). The normalized spacial score (nSPS) is 20.9. The lowest BCUT2D eigenvalue weighted by atomic mass is 10.0. The van der Waals surface area contributed by atoms with E-state index < -0.39 is 16.1 Å². The summed E-state index contributed by atoms with van der Waals surface area (Å²) in [6.45, 7) is 3.01. The van der Waals surface area contributed by atoms with Gasteiger partial charge < -0.3 is 14.5 Å². The largest absolute Gasteiger partial charge is 0.457 e. The molecule has 2 aliphatic rings. The minimum Gasteiger partial charge on any atom is -0.457 e. The summed E-state index contributed by atoms with van der Waals surface area (Å²) >= 11 is 0. The average Bonchev–Trinajstić information content (AvgIpc) is 2.68. The summed E-state index contributed by atoms with van der Waals surface area (Å²) in [6.07, 6.45) is 0. The highest BCUT2D eigenvalue weighted by Gasteiger charge is 2.39. The van der Waals surface area contributed by atoms with E-state index in [0.717, 1.165) is 11.3 Å². The van der Waals surface area contributed by atoms with Crippen LogP contribution in [0, 0.1) is 0 Å². The molecule has 2 heterocycles. The fourth-order valence-electron chi connectivity index (χ4n) is 3.54. The number of hydrogen-bond acceptors (Lipinski definition) is 5. The highest BCUT2D eigenvalue weighted by molar-refractivity contribution is 7.90. The summed E-state index contributed by atoms with van der Waals surface area (Å²) in [6, 6.07) is 16.3. The molecule has 0 aromatic heterocycles. The van der Waals surface area contributed by atoms with Gasteiger partial charge in [-0.05, 0) is 29.8 Å². The van der Waals surface area contributed by atoms with Gasteiger partial charge in [0, 0.05) is 26.6 Å². The average molecular weight is 399 g/mol. The number of fused-ring (bicyclic) bond motifs is 1. The molecule has 1 saturated heterocycles. The van der Waals surface area contributed by atoms with Crippen molar-refractivity contribution >= 4 is 21.8 Å². The number of ether oxygens (including phenoxy) is 1. The predicted octanol–water partition coefficient (Wildman–Crippen LogP) is 2.43. The van der Waals surface area contributed by atoms with E-state index in [1.165, 1.54) is 6.92 Å². The molecule has 8 heteroatoms. The molecule has 1 atom stereocenters. The van der Waals surface area contributed by atoms with Gasteiger partial charge in [0.1, 0.15) is 23.4 Å². The van der Waals surface area contributed by atoms with E-state index in [0.29, 0.717) is 31.2 Å². The van der Waals surface area contributed by atoms with Crippen LogP contribution in [-0.4, -0.2) is 55.3 Å². The standard InChI is InChI=1S/C20H21N3O4S/c1-15(24)23-12-11-22-13-14-28(25,26)21-20(22)19(23)16-7-9-18(10-8-16)27-17-5-3-2-4-6-17/h2-10,19H,11-14H2,1H3/t19-/m0/s1. The second-order valence-electron chi connectivity index (χ2n) is 6.82. The van der Waals surface area contributed by atoms with Crippen LogP contribution in [0.1, 0.15) is 18.5 Å². The van der Waals surface area contributed by atoms with E-state index in [1.807, 2.05) is 59.5 Å². The van der Waals surface area contributed by atoms with Gasteiger partial charge >= 0.3 is 0 Å². The van der Waals surface area contributed by atoms with Crippen LogP contribution in [0.2, 0.25) is 0 Å². The molecule has 0 spiro atoms. The predicted molar refractivity (Wildman–Crippen MR) is 106 cm³/mol. The quantitative estimate of drug-likeness (QED) is 0.792. The SMILES string of the molecule is CC(=O)N1CCN2CCS(=O)(=O)N=C2[C@@H]1c1ccc(Oc2ccccc2)cc1. The number of piperazine rings is 1. The molecule has 0 bridgehead atoms. The molecular formula is C20H21N3O4S. The van der Waals surface area contributed by atoms with Crippen molar-refractivity contribution in [3.8, 4) is 11.5 Å². The van der Waals surface area contributed by atoms with Crippen LogP contribution in [0.5, 0.6) is 11.5 Å². The van der Waals surface area contributed by atoms with E-state index >= 15 is 0 Å². The third-order valence-electron chi connectivity index (χ3n) is 4.92. The summed E-state index contributed by atoms with van der Waals surface area (Å²) in [4.78, 5) is 15.8. The van der Waals surface area contributed by atoms with Crippen LogP contribution in [0.25, 0.3) is 0 Å². The van der Waals surface area contributed by atoms with Gasteiger partial charge in [-0.15, -0.1) is 4.40 Å². The molecule has 7 nitrogen and oxygen atoms in total. The van der Waals surface area contributed by atoms with Crippen LogP contribution in [0.15, 0.2) is 59.0 Å². The minimum atomic E-state index is -3.51. The van der Waals surface area contributed by atoms with Crippen molar-refractivity contribution in [2.24, 2.45) is 4.40 Å². The lowest BCUT2D eigenvalue weighted by molar-refractivity contribution is -0.131. The van der Waals surface area contributed by atoms with Gasteiger partial charge in [0.25, 0.3) is 10.0 Å². The topological polar surface area (TPSA) is 79.3 Å². The van der Waals surface area contributed by atoms with Crippen LogP contribution in [-0.2, 0) is 14.8 Å². The third kappa shape index (κ3) is 3.73. The molecule has 2 aliphatic heterocycles. The van der Waals surface area contributed by atoms with E-state index in [2.05, 4.69) is 4.40 Å². The Morgan fingerprint density at radius 3 is 2.36 bits per heavy atom. The third-order valence-corrected chi connectivity index (χ3v) is 6.09. The van der Waals surface area contributed by atoms with Crippen molar-refractivity contribution in [1.29, 1.82) is 0 Å². The number of rotatable bonds is 3. The highest BCUT2D eigenvalue weighted by Crippen LogP contribution is 2.32. The maximum atomic E-state index is 12.2. The van der Waals surface area contributed by atoms with Gasteiger partial charge in [0.05, 0.1) is 5.75 Å². The highest BCUT2D eigenvalue weighted by atomic mass is 32.2.